The molecule has 4 aromatic carbocycles. The van der Waals surface area contributed by atoms with Crippen LogP contribution in [0, 0.1) is 0 Å². The normalized spacial score (nSPS) is 17.5. The van der Waals surface area contributed by atoms with Crippen molar-refractivity contribution < 1.29 is 4.42 Å². The first-order chi connectivity index (χ1) is 17.1. The number of rotatable bonds is 4. The lowest BCUT2D eigenvalue weighted by atomic mass is 9.70. The molecule has 0 radical (unpaired) electrons. The van der Waals surface area contributed by atoms with Crippen LogP contribution in [0.4, 0.5) is 0 Å². The third kappa shape index (κ3) is 3.52. The van der Waals surface area contributed by atoms with Crippen LogP contribution in [-0.2, 0) is 16.2 Å². The number of para-hydroxylation sites is 1. The Morgan fingerprint density at radius 1 is 0.639 bits per heavy atom. The molecule has 0 aliphatic heterocycles. The summed E-state index contributed by atoms with van der Waals surface area (Å²) < 4.78 is 6.09. The molecule has 5 aromatic rings. The van der Waals surface area contributed by atoms with Crippen LogP contribution < -0.4 is 0 Å². The van der Waals surface area contributed by atoms with Crippen LogP contribution >= 0.6 is 0 Å². The number of hydrogen-bond acceptors (Lipinski definition) is 1. The Kier molecular flexibility index (Phi) is 5.03. The van der Waals surface area contributed by atoms with E-state index in [9.17, 15) is 0 Å². The van der Waals surface area contributed by atoms with Gasteiger partial charge in [-0.1, -0.05) is 108 Å². The summed E-state index contributed by atoms with van der Waals surface area (Å²) in [4.78, 5) is 0. The van der Waals surface area contributed by atoms with Crippen molar-refractivity contribution in [3.8, 4) is 11.1 Å². The van der Waals surface area contributed by atoms with Crippen molar-refractivity contribution in [3.63, 3.8) is 0 Å². The Morgan fingerprint density at radius 2 is 1.31 bits per heavy atom. The standard InChI is InChI=1S/C35H36O/c1-33(2,3)23-15-17-30-27(21-23)25-11-7-9-13-29(25)35(30,6)20-19-34(4,5)24-16-18-32-28(22-24)26-12-8-10-14-31(26)36-32/h7-18,21-22H,19-20H2,1-6H3. The summed E-state index contributed by atoms with van der Waals surface area (Å²) in [7, 11) is 0. The van der Waals surface area contributed by atoms with Crippen molar-refractivity contribution in [1.29, 1.82) is 0 Å². The van der Waals surface area contributed by atoms with Crippen LogP contribution in [0.5, 0.6) is 0 Å². The predicted octanol–water partition coefficient (Wildman–Crippen LogP) is 9.93. The van der Waals surface area contributed by atoms with Crippen molar-refractivity contribution in [2.75, 3.05) is 0 Å². The van der Waals surface area contributed by atoms with E-state index in [1.807, 2.05) is 6.07 Å². The van der Waals surface area contributed by atoms with Crippen LogP contribution in [0.1, 0.15) is 76.6 Å². The lowest BCUT2D eigenvalue weighted by Gasteiger charge is -2.33. The summed E-state index contributed by atoms with van der Waals surface area (Å²) in [6, 6.07) is 31.4. The van der Waals surface area contributed by atoms with Gasteiger partial charge in [0.2, 0.25) is 0 Å². The first-order valence-electron chi connectivity index (χ1n) is 13.2. The van der Waals surface area contributed by atoms with Gasteiger partial charge in [0, 0.05) is 16.2 Å². The van der Waals surface area contributed by atoms with Crippen LogP contribution in [-0.4, -0.2) is 0 Å². The maximum atomic E-state index is 6.09. The minimum Gasteiger partial charge on any atom is -0.456 e. The molecule has 0 bridgehead atoms. The number of furan rings is 1. The van der Waals surface area contributed by atoms with Gasteiger partial charge in [-0.25, -0.2) is 0 Å². The minimum atomic E-state index is 0.00600. The van der Waals surface area contributed by atoms with Crippen molar-refractivity contribution >= 4 is 21.9 Å². The van der Waals surface area contributed by atoms with Gasteiger partial charge < -0.3 is 4.42 Å². The largest absolute Gasteiger partial charge is 0.456 e. The molecule has 1 aliphatic carbocycles. The first kappa shape index (κ1) is 23.1. The van der Waals surface area contributed by atoms with E-state index in [-0.39, 0.29) is 16.2 Å². The third-order valence-corrected chi connectivity index (χ3v) is 8.70. The molecule has 182 valence electrons. The molecule has 0 amide bonds. The highest BCUT2D eigenvalue weighted by Gasteiger charge is 2.40. The summed E-state index contributed by atoms with van der Waals surface area (Å²) in [5.74, 6) is 0. The second-order valence-corrected chi connectivity index (χ2v) is 12.6. The molecule has 1 unspecified atom stereocenters. The average Bonchev–Trinajstić information content (AvgIpc) is 3.36. The van der Waals surface area contributed by atoms with Gasteiger partial charge in [-0.15, -0.1) is 0 Å². The number of hydrogen-bond donors (Lipinski definition) is 0. The minimum absolute atomic E-state index is 0.00600. The van der Waals surface area contributed by atoms with Gasteiger partial charge >= 0.3 is 0 Å². The lowest BCUT2D eigenvalue weighted by molar-refractivity contribution is 0.397. The monoisotopic (exact) mass is 472 g/mol. The third-order valence-electron chi connectivity index (χ3n) is 8.70. The molecule has 1 heteroatoms. The molecule has 1 aromatic heterocycles. The van der Waals surface area contributed by atoms with Gasteiger partial charge in [0.1, 0.15) is 11.2 Å². The van der Waals surface area contributed by atoms with Gasteiger partial charge in [-0.05, 0) is 75.3 Å². The fourth-order valence-corrected chi connectivity index (χ4v) is 6.18. The number of fused-ring (bicyclic) bond motifs is 6. The van der Waals surface area contributed by atoms with E-state index in [1.165, 1.54) is 44.2 Å². The second kappa shape index (κ2) is 7.84. The average molecular weight is 473 g/mol. The van der Waals surface area contributed by atoms with E-state index in [4.69, 9.17) is 4.42 Å². The predicted molar refractivity (Wildman–Crippen MR) is 153 cm³/mol. The topological polar surface area (TPSA) is 13.1 Å². The Labute approximate surface area is 215 Å². The zero-order valence-electron chi connectivity index (χ0n) is 22.4. The molecule has 1 nitrogen and oxygen atoms in total. The van der Waals surface area contributed by atoms with E-state index in [1.54, 1.807) is 0 Å². The molecule has 0 spiro atoms. The van der Waals surface area contributed by atoms with Crippen LogP contribution in [0.3, 0.4) is 0 Å². The Hall–Kier alpha value is -3.32. The Bertz CT molecular complexity index is 1610. The van der Waals surface area contributed by atoms with Crippen LogP contribution in [0.2, 0.25) is 0 Å². The zero-order valence-corrected chi connectivity index (χ0v) is 22.4. The maximum Gasteiger partial charge on any atom is 0.135 e. The summed E-state index contributed by atoms with van der Waals surface area (Å²) in [5.41, 5.74) is 10.7. The molecular weight excluding hydrogens is 436 g/mol. The van der Waals surface area contributed by atoms with Crippen LogP contribution in [0.25, 0.3) is 33.1 Å². The maximum absolute atomic E-state index is 6.09. The molecule has 1 atom stereocenters. The highest BCUT2D eigenvalue weighted by molar-refractivity contribution is 6.05. The molecule has 36 heavy (non-hydrogen) atoms. The molecular formula is C35H36O. The van der Waals surface area contributed by atoms with E-state index < -0.39 is 0 Å². The summed E-state index contributed by atoms with van der Waals surface area (Å²) in [6.45, 7) is 14.2. The van der Waals surface area contributed by atoms with Crippen molar-refractivity contribution in [2.45, 2.75) is 70.6 Å². The Morgan fingerprint density at radius 3 is 2.11 bits per heavy atom. The molecule has 0 saturated heterocycles. The SMILES string of the molecule is CC(C)(C)c1ccc2c(c1)-c1ccccc1C2(C)CCC(C)(C)c1ccc2oc3ccccc3c2c1. The lowest BCUT2D eigenvalue weighted by Crippen LogP contribution is -2.26. The molecule has 0 fully saturated rings. The van der Waals surface area contributed by atoms with Gasteiger partial charge in [0.25, 0.3) is 0 Å². The van der Waals surface area contributed by atoms with E-state index >= 15 is 0 Å². The van der Waals surface area contributed by atoms with E-state index in [2.05, 4.69) is 120 Å². The van der Waals surface area contributed by atoms with Gasteiger partial charge in [0.15, 0.2) is 0 Å². The fourth-order valence-electron chi connectivity index (χ4n) is 6.18. The first-order valence-corrected chi connectivity index (χ1v) is 13.2. The zero-order chi connectivity index (χ0) is 25.3. The molecule has 1 aliphatic rings. The highest BCUT2D eigenvalue weighted by Crippen LogP contribution is 2.53. The molecule has 0 saturated carbocycles. The summed E-state index contributed by atoms with van der Waals surface area (Å²) in [6.07, 6.45) is 2.20. The number of benzene rings is 4. The second-order valence-electron chi connectivity index (χ2n) is 12.6. The highest BCUT2D eigenvalue weighted by atomic mass is 16.3. The molecule has 6 rings (SSSR count). The van der Waals surface area contributed by atoms with E-state index in [0.29, 0.717) is 0 Å². The van der Waals surface area contributed by atoms with Crippen LogP contribution in [0.15, 0.2) is 89.3 Å². The summed E-state index contributed by atoms with van der Waals surface area (Å²) >= 11 is 0. The molecule has 0 N–H and O–H groups in total. The molecule has 1 heterocycles. The van der Waals surface area contributed by atoms with Crippen molar-refractivity contribution in [3.05, 3.63) is 107 Å². The van der Waals surface area contributed by atoms with Gasteiger partial charge in [-0.3, -0.25) is 0 Å². The smallest absolute Gasteiger partial charge is 0.135 e. The van der Waals surface area contributed by atoms with Gasteiger partial charge in [0.05, 0.1) is 0 Å². The Balaban J connectivity index is 1.37. The van der Waals surface area contributed by atoms with Crippen molar-refractivity contribution in [1.82, 2.24) is 0 Å². The quantitative estimate of drug-likeness (QED) is 0.254. The van der Waals surface area contributed by atoms with E-state index in [0.717, 1.165) is 24.0 Å². The summed E-state index contributed by atoms with van der Waals surface area (Å²) in [5, 5.41) is 2.42. The fraction of sp³-hybridized carbons (Fsp3) is 0.314. The van der Waals surface area contributed by atoms with Crippen molar-refractivity contribution in [2.24, 2.45) is 0 Å². The van der Waals surface area contributed by atoms with Gasteiger partial charge in [-0.2, -0.15) is 0 Å².